The Labute approximate surface area is 257 Å². The third kappa shape index (κ3) is 22.5. The van der Waals surface area contributed by atoms with E-state index in [4.69, 9.17) is 21.4 Å². The molecule has 0 saturated heterocycles. The number of unbranched alkanes of at least 4 members (excludes halogenated alkanes) is 2. The molecule has 1 amide bonds. The topological polar surface area (TPSA) is 92.3 Å². The first-order valence-corrected chi connectivity index (χ1v) is 29.5. The van der Waals surface area contributed by atoms with Crippen LogP contribution < -0.4 is 5.32 Å². The van der Waals surface area contributed by atoms with Gasteiger partial charge in [-0.1, -0.05) is 0 Å². The van der Waals surface area contributed by atoms with E-state index < -0.39 is 41.4 Å². The lowest BCUT2D eigenvalue weighted by Crippen LogP contribution is -2.60. The minimum atomic E-state index is -2.97. The van der Waals surface area contributed by atoms with Gasteiger partial charge in [-0.3, -0.25) is 9.36 Å². The highest BCUT2D eigenvalue weighted by atomic mass is 31.2. The Morgan fingerprint density at radius 1 is 0.707 bits per heavy atom. The van der Waals surface area contributed by atoms with Crippen molar-refractivity contribution in [2.24, 2.45) is 0 Å². The van der Waals surface area contributed by atoms with Crippen LogP contribution in [-0.2, 0) is 30.8 Å². The summed E-state index contributed by atoms with van der Waals surface area (Å²) in [6, 6.07) is 0.740. The average Bonchev–Trinajstić information content (AvgIpc) is 2.73. The molecule has 246 valence electrons. The fraction of sp³-hybridized carbons (Fsp3) is 0.963. The average molecular weight is 674 g/mol. The molecule has 41 heavy (non-hydrogen) atoms. The molecule has 0 fully saturated rings. The molecule has 0 spiro atoms. The lowest BCUT2D eigenvalue weighted by Gasteiger charge is -2.43. The second-order valence-electron chi connectivity index (χ2n) is 14.5. The first-order chi connectivity index (χ1) is 18.6. The lowest BCUT2D eigenvalue weighted by atomic mass is 10.1. The van der Waals surface area contributed by atoms with Crippen molar-refractivity contribution in [2.75, 3.05) is 53.1 Å². The van der Waals surface area contributed by atoms with Crippen LogP contribution in [0.2, 0.25) is 65.0 Å². The zero-order valence-corrected chi connectivity index (χ0v) is 33.8. The number of rotatable bonds is 24. The summed E-state index contributed by atoms with van der Waals surface area (Å²) >= 11 is 0. The van der Waals surface area contributed by atoms with Gasteiger partial charge in [-0.2, -0.15) is 0 Å². The molecule has 0 aliphatic rings. The van der Waals surface area contributed by atoms with Gasteiger partial charge in [-0.15, -0.1) is 0 Å². The molecule has 0 heterocycles. The number of carbonyl (C=O) groups excluding carboxylic acids is 1. The van der Waals surface area contributed by atoms with Crippen molar-refractivity contribution < 1.29 is 35.2 Å². The van der Waals surface area contributed by atoms with Crippen LogP contribution >= 0.6 is 7.60 Å². The maximum atomic E-state index is 12.7. The summed E-state index contributed by atoms with van der Waals surface area (Å²) in [4.78, 5) is 12.5. The van der Waals surface area contributed by atoms with Gasteiger partial charge in [0.25, 0.3) is 0 Å². The Bertz CT molecular complexity index is 749. The zero-order valence-electron chi connectivity index (χ0n) is 28.9. The number of quaternary nitrogens is 1. The maximum Gasteiger partial charge on any atom is 0.469 e. The van der Waals surface area contributed by atoms with E-state index in [1.54, 1.807) is 0 Å². The summed E-state index contributed by atoms with van der Waals surface area (Å²) in [5.74, 6) is 0.108. The maximum absolute atomic E-state index is 12.7. The molecular weight excluding hydrogens is 608 g/mol. The van der Waals surface area contributed by atoms with Gasteiger partial charge in [0, 0.05) is 25.4 Å². The van der Waals surface area contributed by atoms with Gasteiger partial charge in [0.05, 0.1) is 46.6 Å². The van der Waals surface area contributed by atoms with Crippen molar-refractivity contribution in [1.82, 2.24) is 5.32 Å². The first kappa shape index (κ1) is 41.3. The van der Waals surface area contributed by atoms with E-state index in [1.807, 2.05) is 13.8 Å². The Morgan fingerprint density at radius 3 is 1.61 bits per heavy atom. The summed E-state index contributed by atoms with van der Waals surface area (Å²) in [6.45, 7) is 26.8. The summed E-state index contributed by atoms with van der Waals surface area (Å²) < 4.78 is 44.5. The van der Waals surface area contributed by atoms with E-state index in [-0.39, 0.29) is 5.91 Å². The van der Waals surface area contributed by atoms with Crippen molar-refractivity contribution in [2.45, 2.75) is 117 Å². The minimum Gasteiger partial charge on any atom is -0.417 e. The monoisotopic (exact) mass is 673 g/mol. The normalized spacial score (nSPS) is 14.0. The standard InChI is InChI=1S/C27H65N2O7PSi4/c1-14-32-37(31,33-15-2)25-20-24-29(3,4)23-18-16-17-21-27(30)28-22-19-26-41(34-38(5,6)7,35-39(8,9)10)36-40(11,12)13/h14-26H2,1-13H3/p+1. The molecule has 0 rings (SSSR count). The van der Waals surface area contributed by atoms with E-state index in [0.717, 1.165) is 55.7 Å². The molecule has 0 aromatic rings. The third-order valence-corrected chi connectivity index (χ3v) is 20.1. The van der Waals surface area contributed by atoms with Crippen molar-refractivity contribution in [1.29, 1.82) is 0 Å². The molecule has 0 aliphatic heterocycles. The van der Waals surface area contributed by atoms with Crippen molar-refractivity contribution in [3.05, 3.63) is 0 Å². The van der Waals surface area contributed by atoms with Crippen LogP contribution in [0, 0.1) is 0 Å². The van der Waals surface area contributed by atoms with Crippen LogP contribution in [0.5, 0.6) is 0 Å². The fourth-order valence-electron chi connectivity index (χ4n) is 4.60. The minimum absolute atomic E-state index is 0.108. The predicted octanol–water partition coefficient (Wildman–Crippen LogP) is 7.28. The SMILES string of the molecule is CCOP(=O)(CCC[N+](C)(C)CCCCCC(=O)NCCC[Si](O[Si](C)(C)C)(O[Si](C)(C)C)O[Si](C)(C)C)OCC. The molecule has 0 bridgehead atoms. The van der Waals surface area contributed by atoms with Crippen LogP contribution in [-0.4, -0.2) is 97.3 Å². The highest BCUT2D eigenvalue weighted by molar-refractivity contribution is 7.53. The van der Waals surface area contributed by atoms with Crippen LogP contribution in [0.3, 0.4) is 0 Å². The van der Waals surface area contributed by atoms with E-state index in [1.165, 1.54) is 0 Å². The molecule has 0 aromatic heterocycles. The van der Waals surface area contributed by atoms with Crippen molar-refractivity contribution in [3.8, 4) is 0 Å². The summed E-state index contributed by atoms with van der Waals surface area (Å²) in [5.41, 5.74) is 0. The predicted molar refractivity (Wildman–Crippen MR) is 182 cm³/mol. The van der Waals surface area contributed by atoms with Crippen LogP contribution in [0.15, 0.2) is 0 Å². The molecule has 0 aliphatic carbocycles. The second-order valence-corrected chi connectivity index (χ2v) is 33.7. The largest absolute Gasteiger partial charge is 0.469 e. The van der Waals surface area contributed by atoms with Gasteiger partial charge in [-0.25, -0.2) is 0 Å². The number of nitrogens with zero attached hydrogens (tertiary/aromatic N) is 1. The van der Waals surface area contributed by atoms with Crippen LogP contribution in [0.1, 0.15) is 52.4 Å². The first-order valence-electron chi connectivity index (χ1n) is 15.6. The number of hydrogen-bond acceptors (Lipinski definition) is 7. The lowest BCUT2D eigenvalue weighted by molar-refractivity contribution is -0.890. The molecule has 9 nitrogen and oxygen atoms in total. The quantitative estimate of drug-likeness (QED) is 0.0498. The van der Waals surface area contributed by atoms with Gasteiger partial charge < -0.3 is 31.2 Å². The van der Waals surface area contributed by atoms with Crippen molar-refractivity contribution in [3.63, 3.8) is 0 Å². The van der Waals surface area contributed by atoms with E-state index >= 15 is 0 Å². The van der Waals surface area contributed by atoms with E-state index in [9.17, 15) is 9.36 Å². The fourth-order valence-corrected chi connectivity index (χ4v) is 20.9. The van der Waals surface area contributed by atoms with Gasteiger partial charge in [-0.05, 0) is 98.5 Å². The smallest absolute Gasteiger partial charge is 0.417 e. The number of nitrogens with one attached hydrogen (secondary N) is 1. The molecule has 1 N–H and O–H groups in total. The van der Waals surface area contributed by atoms with Gasteiger partial charge >= 0.3 is 16.4 Å². The third-order valence-electron chi connectivity index (χ3n) is 5.88. The molecule has 0 saturated carbocycles. The van der Waals surface area contributed by atoms with Crippen LogP contribution in [0.4, 0.5) is 0 Å². The molecule has 0 atom stereocenters. The Kier molecular flexibility index (Phi) is 18.5. The Hall–Kier alpha value is 0.328. The second kappa shape index (κ2) is 18.3. The Morgan fingerprint density at radius 2 is 1.17 bits per heavy atom. The molecule has 0 unspecified atom stereocenters. The zero-order chi connectivity index (χ0) is 32.0. The van der Waals surface area contributed by atoms with Crippen molar-refractivity contribution >= 4 is 47.3 Å². The van der Waals surface area contributed by atoms with Gasteiger partial charge in [0.1, 0.15) is 0 Å². The van der Waals surface area contributed by atoms with Crippen LogP contribution in [0.25, 0.3) is 0 Å². The summed E-state index contributed by atoms with van der Waals surface area (Å²) in [6.07, 6.45) is 5.54. The number of amides is 1. The number of hydrogen-bond donors (Lipinski definition) is 1. The molecule has 0 radical (unpaired) electrons. The Balaban J connectivity index is 4.58. The number of carbonyl (C=O) groups is 1. The van der Waals surface area contributed by atoms with E-state index in [0.29, 0.717) is 32.3 Å². The van der Waals surface area contributed by atoms with Gasteiger partial charge in [0.15, 0.2) is 25.0 Å². The molecular formula is C27H66N2O7PSi4+. The van der Waals surface area contributed by atoms with Gasteiger partial charge in [0.2, 0.25) is 5.91 Å². The molecule has 0 aromatic carbocycles. The van der Waals surface area contributed by atoms with E-state index in [2.05, 4.69) is 78.3 Å². The highest BCUT2D eigenvalue weighted by Crippen LogP contribution is 2.48. The molecule has 14 heteroatoms. The summed E-state index contributed by atoms with van der Waals surface area (Å²) in [7, 11) is -7.10. The highest BCUT2D eigenvalue weighted by Gasteiger charge is 2.49. The summed E-state index contributed by atoms with van der Waals surface area (Å²) in [5, 5.41) is 3.11.